The van der Waals surface area contributed by atoms with Crippen molar-refractivity contribution in [1.82, 2.24) is 0 Å². The van der Waals surface area contributed by atoms with Gasteiger partial charge in [-0.15, -0.1) is 0 Å². The first-order valence-corrected chi connectivity index (χ1v) is 12.2. The van der Waals surface area contributed by atoms with Gasteiger partial charge in [-0.25, -0.2) is 0 Å². The number of nitrogens with one attached hydrogen (secondary N) is 2. The molecule has 34 heavy (non-hydrogen) atoms. The highest BCUT2D eigenvalue weighted by Crippen LogP contribution is 2.41. The predicted molar refractivity (Wildman–Crippen MR) is 131 cm³/mol. The van der Waals surface area contributed by atoms with Gasteiger partial charge in [0, 0.05) is 22.0 Å². The molecule has 0 aromatic heterocycles. The molecule has 3 unspecified atom stereocenters. The van der Waals surface area contributed by atoms with Gasteiger partial charge in [-0.2, -0.15) is 0 Å². The summed E-state index contributed by atoms with van der Waals surface area (Å²) < 4.78 is 13.2. The lowest BCUT2D eigenvalue weighted by molar-refractivity contribution is -0.145. The molecule has 3 aromatic carbocycles. The van der Waals surface area contributed by atoms with Crippen molar-refractivity contribution in [1.29, 1.82) is 0 Å². The van der Waals surface area contributed by atoms with Crippen LogP contribution < -0.4 is 10.6 Å². The summed E-state index contributed by atoms with van der Waals surface area (Å²) in [6.07, 6.45) is -3.60. The average Bonchev–Trinajstić information content (AvgIpc) is 2.84. The molecule has 1 aliphatic heterocycles. The van der Waals surface area contributed by atoms with Gasteiger partial charge in [0.25, 0.3) is 11.8 Å². The van der Waals surface area contributed by atoms with Crippen LogP contribution in [0.2, 0.25) is 0 Å². The van der Waals surface area contributed by atoms with Crippen molar-refractivity contribution >= 4 is 34.0 Å². The third-order valence-corrected chi connectivity index (χ3v) is 7.86. The van der Waals surface area contributed by atoms with E-state index in [2.05, 4.69) is 10.6 Å². The number of benzene rings is 3. The molecule has 3 aromatic rings. The first-order valence-electron chi connectivity index (χ1n) is 10.9. The first kappa shape index (κ1) is 23.8. The Kier molecular flexibility index (Phi) is 6.92. The number of carbonyl (C=O) groups is 2. The second-order valence-electron chi connectivity index (χ2n) is 8.47. The molecule has 1 heterocycles. The van der Waals surface area contributed by atoms with Crippen LogP contribution in [0.1, 0.15) is 11.1 Å². The molecule has 176 valence electrons. The molecule has 4 N–H and O–H groups in total. The summed E-state index contributed by atoms with van der Waals surface area (Å²) in [5, 5.41) is 27.8. The molecule has 0 spiro atoms. The number of fused-ring (bicyclic) bond motifs is 1. The second kappa shape index (κ2) is 9.89. The van der Waals surface area contributed by atoms with Gasteiger partial charge in [-0.05, 0) is 54.8 Å². The van der Waals surface area contributed by atoms with Gasteiger partial charge in [0.05, 0.1) is 16.2 Å². The Morgan fingerprint density at radius 2 is 1.32 bits per heavy atom. The Labute approximate surface area is 200 Å². The Balaban J connectivity index is 1.71. The maximum absolute atomic E-state index is 13.2. The maximum Gasteiger partial charge on any atom is 0.253 e. The minimum atomic E-state index is -1.80. The number of anilines is 2. The number of aliphatic hydroxyl groups excluding tert-OH is 2. The average molecular weight is 479 g/mol. The fourth-order valence-corrected chi connectivity index (χ4v) is 6.10. The van der Waals surface area contributed by atoms with E-state index in [9.17, 15) is 24.0 Å². The maximum atomic E-state index is 13.2. The van der Waals surface area contributed by atoms with E-state index < -0.39 is 40.2 Å². The smallest absolute Gasteiger partial charge is 0.253 e. The van der Waals surface area contributed by atoms with Crippen LogP contribution in [0.15, 0.2) is 83.8 Å². The summed E-state index contributed by atoms with van der Waals surface area (Å²) in [6.45, 7) is 1.83. The summed E-state index contributed by atoms with van der Waals surface area (Å²) in [4.78, 5) is 26.8. The Morgan fingerprint density at radius 3 is 1.82 bits per heavy atom. The SMILES string of the molecule is Cc1cccc2c1CC(C(O)C(=O)Nc1ccccc1)(C(O)C(=O)Nc1ccccc1)CS2=O. The Morgan fingerprint density at radius 1 is 0.824 bits per heavy atom. The van der Waals surface area contributed by atoms with Crippen molar-refractivity contribution in [3.63, 3.8) is 0 Å². The lowest BCUT2D eigenvalue weighted by atomic mass is 9.71. The minimum Gasteiger partial charge on any atom is -0.382 e. The Hall–Kier alpha value is -3.33. The largest absolute Gasteiger partial charge is 0.382 e. The van der Waals surface area contributed by atoms with Crippen LogP contribution in [0.4, 0.5) is 11.4 Å². The van der Waals surface area contributed by atoms with Gasteiger partial charge in [0.15, 0.2) is 0 Å². The zero-order valence-electron chi connectivity index (χ0n) is 18.6. The van der Waals surface area contributed by atoms with E-state index in [0.29, 0.717) is 21.8 Å². The van der Waals surface area contributed by atoms with Gasteiger partial charge >= 0.3 is 0 Å². The zero-order valence-corrected chi connectivity index (χ0v) is 19.4. The summed E-state index contributed by atoms with van der Waals surface area (Å²) in [5.74, 6) is -1.82. The van der Waals surface area contributed by atoms with E-state index in [-0.39, 0.29) is 12.2 Å². The molecule has 3 atom stereocenters. The van der Waals surface area contributed by atoms with E-state index in [1.165, 1.54) is 0 Å². The standard InChI is InChI=1S/C26H26N2O5S/c1-17-9-8-14-21-20(17)15-26(16-34(21)33,22(29)24(31)27-18-10-4-2-5-11-18)23(30)25(32)28-19-12-6-3-7-13-19/h2-14,22-23,29-30H,15-16H2,1H3,(H,27,31)(H,28,32). The Bertz CT molecular complexity index is 1160. The van der Waals surface area contributed by atoms with E-state index >= 15 is 0 Å². The van der Waals surface area contributed by atoms with E-state index in [1.807, 2.05) is 13.0 Å². The van der Waals surface area contributed by atoms with Crippen molar-refractivity contribution in [2.75, 3.05) is 16.4 Å². The summed E-state index contributed by atoms with van der Waals surface area (Å²) in [7, 11) is -1.64. The van der Waals surface area contributed by atoms with Gasteiger partial charge in [-0.1, -0.05) is 48.5 Å². The van der Waals surface area contributed by atoms with Gasteiger partial charge in [-0.3, -0.25) is 13.8 Å². The molecule has 0 saturated carbocycles. The third-order valence-electron chi connectivity index (χ3n) is 6.19. The van der Waals surface area contributed by atoms with Crippen LogP contribution in [0.5, 0.6) is 0 Å². The molecule has 1 aliphatic rings. The highest BCUT2D eigenvalue weighted by molar-refractivity contribution is 7.85. The number of carbonyl (C=O) groups excluding carboxylic acids is 2. The van der Waals surface area contributed by atoms with Crippen molar-refractivity contribution in [2.45, 2.75) is 30.4 Å². The molecular formula is C26H26N2O5S. The predicted octanol–water partition coefficient (Wildman–Crippen LogP) is 2.64. The fourth-order valence-electron chi connectivity index (χ4n) is 4.30. The normalized spacial score (nSPS) is 21.1. The quantitative estimate of drug-likeness (QED) is 0.435. The van der Waals surface area contributed by atoms with Crippen LogP contribution in [-0.4, -0.2) is 44.2 Å². The highest BCUT2D eigenvalue weighted by atomic mass is 32.2. The van der Waals surface area contributed by atoms with Crippen LogP contribution >= 0.6 is 0 Å². The summed E-state index contributed by atoms with van der Waals surface area (Å²) in [6, 6.07) is 22.5. The van der Waals surface area contributed by atoms with Gasteiger partial charge < -0.3 is 20.8 Å². The number of hydrogen-bond donors (Lipinski definition) is 4. The summed E-state index contributed by atoms with van der Waals surface area (Å²) in [5.41, 5.74) is 0.671. The van der Waals surface area contributed by atoms with Crippen LogP contribution in [0.3, 0.4) is 0 Å². The van der Waals surface area contributed by atoms with Crippen LogP contribution in [0, 0.1) is 12.3 Å². The molecular weight excluding hydrogens is 452 g/mol. The molecule has 0 radical (unpaired) electrons. The van der Waals surface area contributed by atoms with Gasteiger partial charge in [0.1, 0.15) is 12.2 Å². The molecule has 0 saturated heterocycles. The number of rotatable bonds is 6. The van der Waals surface area contributed by atoms with Crippen molar-refractivity contribution in [3.05, 3.63) is 90.0 Å². The number of amides is 2. The van der Waals surface area contributed by atoms with Crippen molar-refractivity contribution < 1.29 is 24.0 Å². The zero-order chi connectivity index (χ0) is 24.3. The first-order chi connectivity index (χ1) is 16.3. The lowest BCUT2D eigenvalue weighted by Crippen LogP contribution is -2.60. The molecule has 2 amide bonds. The number of aliphatic hydroxyl groups is 2. The lowest BCUT2D eigenvalue weighted by Gasteiger charge is -2.43. The van der Waals surface area contributed by atoms with Crippen molar-refractivity contribution in [3.8, 4) is 0 Å². The molecule has 0 fully saturated rings. The second-order valence-corrected chi connectivity index (χ2v) is 9.89. The van der Waals surface area contributed by atoms with Gasteiger partial charge in [0.2, 0.25) is 0 Å². The fraction of sp³-hybridized carbons (Fsp3) is 0.231. The summed E-state index contributed by atoms with van der Waals surface area (Å²) >= 11 is 0. The molecule has 0 bridgehead atoms. The van der Waals surface area contributed by atoms with Crippen LogP contribution in [-0.2, 0) is 26.8 Å². The van der Waals surface area contributed by atoms with Crippen molar-refractivity contribution in [2.24, 2.45) is 5.41 Å². The number of hydrogen-bond acceptors (Lipinski definition) is 5. The topological polar surface area (TPSA) is 116 Å². The molecule has 7 nitrogen and oxygen atoms in total. The number of aryl methyl sites for hydroxylation is 1. The molecule has 4 rings (SSSR count). The van der Waals surface area contributed by atoms with E-state index in [4.69, 9.17) is 0 Å². The van der Waals surface area contributed by atoms with E-state index in [0.717, 1.165) is 5.56 Å². The third kappa shape index (κ3) is 4.65. The number of para-hydroxylation sites is 2. The molecule has 8 heteroatoms. The van der Waals surface area contributed by atoms with Crippen LogP contribution in [0.25, 0.3) is 0 Å². The minimum absolute atomic E-state index is 0.00744. The monoisotopic (exact) mass is 478 g/mol. The molecule has 0 aliphatic carbocycles. The van der Waals surface area contributed by atoms with E-state index in [1.54, 1.807) is 72.8 Å². The highest BCUT2D eigenvalue weighted by Gasteiger charge is 2.54.